The van der Waals surface area contributed by atoms with E-state index in [4.69, 9.17) is 7.01 Å². The molecule has 0 aromatic heterocycles. The number of unbranched alkanes of at least 4 members (excludes halogenated alkanes) is 28. The fourth-order valence-electron chi connectivity index (χ4n) is 6.07. The standard InChI is InChI=1S/C38H72O5.H2O.O.Ti/c1-3-5-7-9-11-13-15-17-19-21-23-25-27-29-31-33-35(39)38(43,37(41)42)36(40)34-32-30-28-26-24-22-20-18-16-14-12-10-8-6-4-2;;;/h43H,3-34H2,1-2H3,(H,41,42);1H2;;/q;;;+1/p-1. The van der Waals surface area contributed by atoms with Crippen molar-refractivity contribution in [2.45, 2.75) is 225 Å². The van der Waals surface area contributed by atoms with Gasteiger partial charge in [-0.05, 0) is 12.8 Å². The Morgan fingerprint density at radius 3 is 0.783 bits per heavy atom. The van der Waals surface area contributed by atoms with Crippen LogP contribution in [-0.4, -0.2) is 37.0 Å². The Balaban J connectivity index is 0. The van der Waals surface area contributed by atoms with E-state index in [1.807, 2.05) is 0 Å². The van der Waals surface area contributed by atoms with E-state index in [1.54, 1.807) is 0 Å². The third-order valence-corrected chi connectivity index (χ3v) is 9.13. The van der Waals surface area contributed by atoms with Crippen LogP contribution in [0.3, 0.4) is 0 Å². The molecule has 0 fully saturated rings. The van der Waals surface area contributed by atoms with Crippen molar-refractivity contribution >= 4 is 17.5 Å². The molecule has 0 amide bonds. The summed E-state index contributed by atoms with van der Waals surface area (Å²) in [6, 6.07) is 0. The molecule has 0 rings (SSSR count). The van der Waals surface area contributed by atoms with Gasteiger partial charge in [0, 0.05) is 12.8 Å². The number of carboxylic acids is 1. The second kappa shape index (κ2) is 37.1. The zero-order chi connectivity index (χ0) is 34.6. The molecule has 3 N–H and O–H groups in total. The van der Waals surface area contributed by atoms with Crippen LogP contribution in [0.5, 0.6) is 0 Å². The molecule has 7 nitrogen and oxygen atoms in total. The van der Waals surface area contributed by atoms with Crippen LogP contribution >= 0.6 is 0 Å². The predicted molar refractivity (Wildman–Crippen MR) is 185 cm³/mol. The van der Waals surface area contributed by atoms with Gasteiger partial charge in [-0.2, -0.15) is 0 Å². The van der Waals surface area contributed by atoms with Crippen LogP contribution in [0, 0.1) is 0 Å². The SMILES string of the molecule is CCCCCCCCCCCCCCCCCC(=O)C(O)(C(=O)O)C(=O)CCCCCCCCCCCCCCCCC.[O]=[Ti][OH]. The van der Waals surface area contributed by atoms with E-state index in [9.17, 15) is 24.6 Å². The van der Waals surface area contributed by atoms with Gasteiger partial charge in [0.25, 0.3) is 5.60 Å². The molecule has 8 heteroatoms. The van der Waals surface area contributed by atoms with Gasteiger partial charge >= 0.3 is 32.5 Å². The second-order valence-corrected chi connectivity index (χ2v) is 13.6. The average molecular weight is 690 g/mol. The van der Waals surface area contributed by atoms with Crippen LogP contribution < -0.4 is 0 Å². The maximum absolute atomic E-state index is 12.6. The van der Waals surface area contributed by atoms with Gasteiger partial charge in [0.1, 0.15) is 0 Å². The van der Waals surface area contributed by atoms with Gasteiger partial charge in [0.05, 0.1) is 0 Å². The molecular formula is C38H73O7Ti. The first kappa shape index (κ1) is 47.4. The third kappa shape index (κ3) is 29.4. The molecule has 0 aliphatic carbocycles. The van der Waals surface area contributed by atoms with Gasteiger partial charge in [-0.15, -0.1) is 0 Å². The van der Waals surface area contributed by atoms with Crippen LogP contribution in [0.1, 0.15) is 219 Å². The van der Waals surface area contributed by atoms with Crippen molar-refractivity contribution in [3.05, 3.63) is 0 Å². The minimum absolute atomic E-state index is 0.0499. The van der Waals surface area contributed by atoms with E-state index in [0.717, 1.165) is 38.5 Å². The summed E-state index contributed by atoms with van der Waals surface area (Å²) < 4.78 is 15.8. The predicted octanol–water partition coefficient (Wildman–Crippen LogP) is 10.8. The number of carbonyl (C=O) groups is 3. The van der Waals surface area contributed by atoms with Gasteiger partial charge in [-0.25, -0.2) is 4.79 Å². The number of hydrogen-bond acceptors (Lipinski definition) is 5. The fourth-order valence-corrected chi connectivity index (χ4v) is 6.07. The average Bonchev–Trinajstić information content (AvgIpc) is 3.04. The molecule has 0 aromatic carbocycles. The van der Waals surface area contributed by atoms with Crippen molar-refractivity contribution in [3.63, 3.8) is 0 Å². The Bertz CT molecular complexity index is 667. The Kier molecular flexibility index (Phi) is 38.2. The van der Waals surface area contributed by atoms with Gasteiger partial charge in [-0.3, -0.25) is 9.59 Å². The number of ketones is 2. The van der Waals surface area contributed by atoms with E-state index < -0.39 is 42.6 Å². The molecule has 0 aliphatic rings. The molecule has 0 saturated heterocycles. The number of aliphatic hydroxyl groups is 1. The molecule has 0 aromatic rings. The van der Waals surface area contributed by atoms with Gasteiger partial charge in [-0.1, -0.05) is 194 Å². The molecule has 0 spiro atoms. The molecule has 0 heterocycles. The number of Topliss-reactive ketones (excluding diaryl/α,β-unsaturated/α-hetero) is 2. The summed E-state index contributed by atoms with van der Waals surface area (Å²) in [6.45, 7) is 4.51. The van der Waals surface area contributed by atoms with Crippen molar-refractivity contribution in [1.29, 1.82) is 0 Å². The maximum atomic E-state index is 12.6. The number of hydrogen-bond donors (Lipinski definition) is 3. The van der Waals surface area contributed by atoms with Crippen LogP contribution in [0.15, 0.2) is 0 Å². The van der Waals surface area contributed by atoms with Crippen molar-refractivity contribution in [2.24, 2.45) is 0 Å². The summed E-state index contributed by atoms with van der Waals surface area (Å²) in [7, 11) is 0. The first-order valence-electron chi connectivity index (χ1n) is 19.4. The van der Waals surface area contributed by atoms with Crippen LogP contribution in [0.4, 0.5) is 0 Å². The third-order valence-electron chi connectivity index (χ3n) is 9.13. The van der Waals surface area contributed by atoms with Gasteiger partial charge in [0.2, 0.25) is 0 Å². The molecule has 0 bridgehead atoms. The summed E-state index contributed by atoms with van der Waals surface area (Å²) in [5.74, 6) is -3.41. The summed E-state index contributed by atoms with van der Waals surface area (Å²) >= 11 is -1.75. The first-order chi connectivity index (χ1) is 22.3. The Morgan fingerprint density at radius 2 is 0.609 bits per heavy atom. The normalized spacial score (nSPS) is 11.1. The van der Waals surface area contributed by atoms with Crippen molar-refractivity contribution in [2.75, 3.05) is 0 Å². The van der Waals surface area contributed by atoms with Crippen LogP contribution in [0.2, 0.25) is 0 Å². The van der Waals surface area contributed by atoms with E-state index in [0.29, 0.717) is 12.8 Å². The summed E-state index contributed by atoms with van der Waals surface area (Å²) in [6.07, 6.45) is 36.0. The molecule has 0 aliphatic heterocycles. The molecule has 46 heavy (non-hydrogen) atoms. The first-order valence-corrected chi connectivity index (χ1v) is 20.7. The second-order valence-electron chi connectivity index (χ2n) is 13.4. The Hall–Kier alpha value is -0.756. The van der Waals surface area contributed by atoms with Crippen molar-refractivity contribution in [3.8, 4) is 0 Å². The van der Waals surface area contributed by atoms with Gasteiger partial charge < -0.3 is 10.2 Å². The van der Waals surface area contributed by atoms with E-state index in [1.165, 1.54) is 141 Å². The topological polar surface area (TPSA) is 129 Å². The van der Waals surface area contributed by atoms with Crippen molar-refractivity contribution < 1.29 is 51.1 Å². The number of carboxylic acid groups (broad SMARTS) is 1. The zero-order valence-electron chi connectivity index (χ0n) is 30.1. The zero-order valence-corrected chi connectivity index (χ0v) is 31.7. The molecule has 271 valence electrons. The summed E-state index contributed by atoms with van der Waals surface area (Å²) in [5.41, 5.74) is -2.87. The minimum atomic E-state index is -2.87. The van der Waals surface area contributed by atoms with Crippen LogP contribution in [0.25, 0.3) is 0 Å². The van der Waals surface area contributed by atoms with E-state index in [2.05, 4.69) is 13.8 Å². The van der Waals surface area contributed by atoms with E-state index >= 15 is 0 Å². The molecule has 0 saturated carbocycles. The van der Waals surface area contributed by atoms with Gasteiger partial charge in [0.15, 0.2) is 11.6 Å². The Morgan fingerprint density at radius 1 is 0.435 bits per heavy atom. The number of aliphatic carboxylic acids is 1. The van der Waals surface area contributed by atoms with E-state index in [-0.39, 0.29) is 12.8 Å². The summed E-state index contributed by atoms with van der Waals surface area (Å²) in [5, 5.41) is 20.1. The number of rotatable bonds is 35. The quantitative estimate of drug-likeness (QED) is 0.0343. The molecule has 0 atom stereocenters. The summed E-state index contributed by atoms with van der Waals surface area (Å²) in [4.78, 5) is 36.9. The molecule has 0 radical (unpaired) electrons. The van der Waals surface area contributed by atoms with Crippen molar-refractivity contribution in [1.82, 2.24) is 0 Å². The molecule has 0 unspecified atom stereocenters. The Labute approximate surface area is 292 Å². The monoisotopic (exact) mass is 689 g/mol. The van der Waals surface area contributed by atoms with Crippen LogP contribution in [-0.2, 0) is 37.2 Å². The fraction of sp³-hybridized carbons (Fsp3) is 0.921. The molecular weight excluding hydrogens is 616 g/mol. The number of carbonyl (C=O) groups excluding carboxylic acids is 2.